The molecule has 116 valence electrons. The maximum Gasteiger partial charge on any atom is 0.194 e. The largest absolute Gasteiger partial charge is 0.357 e. The van der Waals surface area contributed by atoms with E-state index in [4.69, 9.17) is 4.99 Å². The van der Waals surface area contributed by atoms with Gasteiger partial charge < -0.3 is 10.2 Å². The number of guanidine groups is 1. The number of aryl methyl sites for hydroxylation is 1. The molecule has 1 aliphatic heterocycles. The molecule has 1 N–H and O–H groups in total. The minimum Gasteiger partial charge on any atom is -0.357 e. The smallest absolute Gasteiger partial charge is 0.194 e. The molecule has 21 heavy (non-hydrogen) atoms. The molecule has 2 atom stereocenters. The fourth-order valence-electron chi connectivity index (χ4n) is 3.10. The van der Waals surface area contributed by atoms with Gasteiger partial charge >= 0.3 is 0 Å². The molecule has 4 heteroatoms. The molecule has 1 aliphatic rings. The Morgan fingerprint density at radius 1 is 1.38 bits per heavy atom. The maximum atomic E-state index is 4.81. The lowest BCUT2D eigenvalue weighted by Crippen LogP contribution is -2.48. The third-order valence-electron chi connectivity index (χ3n) is 4.00. The number of piperidine rings is 1. The number of nitrogens with one attached hydrogen (secondary N) is 1. The van der Waals surface area contributed by atoms with Crippen LogP contribution >= 0.6 is 0 Å². The molecule has 2 heterocycles. The van der Waals surface area contributed by atoms with E-state index in [2.05, 4.69) is 49.0 Å². The molecule has 2 unspecified atom stereocenters. The van der Waals surface area contributed by atoms with E-state index in [0.29, 0.717) is 6.54 Å². The van der Waals surface area contributed by atoms with Crippen LogP contribution in [0.15, 0.2) is 23.3 Å². The molecule has 2 rings (SSSR count). The average Bonchev–Trinajstić information content (AvgIpc) is 2.44. The lowest BCUT2D eigenvalue weighted by atomic mass is 9.92. The van der Waals surface area contributed by atoms with Crippen molar-refractivity contribution in [1.29, 1.82) is 0 Å². The standard InChI is InChI=1S/C17H28N4/c1-5-18-17(21-11-13(2)9-14(3)12-21)20-10-16-15(4)7-6-8-19-16/h6-8,13-14H,5,9-12H2,1-4H3,(H,18,20). The predicted molar refractivity (Wildman–Crippen MR) is 88.3 cm³/mol. The lowest BCUT2D eigenvalue weighted by Gasteiger charge is -2.37. The Bertz CT molecular complexity index is 473. The van der Waals surface area contributed by atoms with Crippen molar-refractivity contribution in [1.82, 2.24) is 15.2 Å². The Kier molecular flexibility index (Phi) is 5.59. The van der Waals surface area contributed by atoms with Crippen molar-refractivity contribution >= 4 is 5.96 Å². The zero-order chi connectivity index (χ0) is 15.2. The summed E-state index contributed by atoms with van der Waals surface area (Å²) in [6.45, 7) is 12.6. The van der Waals surface area contributed by atoms with Crippen LogP contribution in [-0.4, -0.2) is 35.5 Å². The predicted octanol–water partition coefficient (Wildman–Crippen LogP) is 2.83. The van der Waals surface area contributed by atoms with Crippen LogP contribution in [0.1, 0.15) is 38.4 Å². The van der Waals surface area contributed by atoms with Crippen LogP contribution in [-0.2, 0) is 6.54 Å². The molecule has 1 aromatic rings. The second-order valence-corrected chi connectivity index (χ2v) is 6.29. The average molecular weight is 288 g/mol. The van der Waals surface area contributed by atoms with Gasteiger partial charge in [-0.1, -0.05) is 19.9 Å². The summed E-state index contributed by atoms with van der Waals surface area (Å²) in [5.74, 6) is 2.49. The van der Waals surface area contributed by atoms with E-state index in [1.54, 1.807) is 0 Å². The Morgan fingerprint density at radius 2 is 2.10 bits per heavy atom. The van der Waals surface area contributed by atoms with Gasteiger partial charge in [-0.2, -0.15) is 0 Å². The first-order valence-electron chi connectivity index (χ1n) is 8.03. The minimum absolute atomic E-state index is 0.647. The number of aromatic nitrogens is 1. The van der Waals surface area contributed by atoms with Crippen LogP contribution in [0.25, 0.3) is 0 Å². The van der Waals surface area contributed by atoms with E-state index in [-0.39, 0.29) is 0 Å². The number of hydrogen-bond donors (Lipinski definition) is 1. The van der Waals surface area contributed by atoms with Crippen molar-refractivity contribution in [3.63, 3.8) is 0 Å². The summed E-state index contributed by atoms with van der Waals surface area (Å²) in [7, 11) is 0. The first kappa shape index (κ1) is 15.8. The zero-order valence-electron chi connectivity index (χ0n) is 13.8. The van der Waals surface area contributed by atoms with Gasteiger partial charge in [-0.05, 0) is 43.7 Å². The highest BCUT2D eigenvalue weighted by molar-refractivity contribution is 5.80. The van der Waals surface area contributed by atoms with Gasteiger partial charge in [0.2, 0.25) is 0 Å². The Labute approximate surface area is 128 Å². The molecule has 1 saturated heterocycles. The van der Waals surface area contributed by atoms with Gasteiger partial charge in [0.05, 0.1) is 12.2 Å². The van der Waals surface area contributed by atoms with Gasteiger partial charge in [0.1, 0.15) is 0 Å². The number of rotatable bonds is 3. The van der Waals surface area contributed by atoms with Crippen LogP contribution in [0.2, 0.25) is 0 Å². The van der Waals surface area contributed by atoms with E-state index in [9.17, 15) is 0 Å². The van der Waals surface area contributed by atoms with Gasteiger partial charge in [0, 0.05) is 25.8 Å². The fourth-order valence-corrected chi connectivity index (χ4v) is 3.10. The summed E-state index contributed by atoms with van der Waals surface area (Å²) >= 11 is 0. The normalized spacial score (nSPS) is 23.2. The minimum atomic E-state index is 0.647. The third kappa shape index (κ3) is 4.45. The van der Waals surface area contributed by atoms with Crippen molar-refractivity contribution in [3.05, 3.63) is 29.6 Å². The number of pyridine rings is 1. The summed E-state index contributed by atoms with van der Waals surface area (Å²) in [5.41, 5.74) is 2.27. The third-order valence-corrected chi connectivity index (χ3v) is 4.00. The Balaban J connectivity index is 2.10. The van der Waals surface area contributed by atoms with Gasteiger partial charge in [-0.15, -0.1) is 0 Å². The number of hydrogen-bond acceptors (Lipinski definition) is 2. The molecule has 0 aliphatic carbocycles. The van der Waals surface area contributed by atoms with Crippen LogP contribution in [0, 0.1) is 18.8 Å². The van der Waals surface area contributed by atoms with Crippen molar-refractivity contribution in [3.8, 4) is 0 Å². The van der Waals surface area contributed by atoms with Crippen LogP contribution in [0.3, 0.4) is 0 Å². The quantitative estimate of drug-likeness (QED) is 0.687. The number of aliphatic imine (C=N–C) groups is 1. The summed E-state index contributed by atoms with van der Waals surface area (Å²) in [4.78, 5) is 11.6. The van der Waals surface area contributed by atoms with Crippen LogP contribution < -0.4 is 5.32 Å². The van der Waals surface area contributed by atoms with E-state index in [1.807, 2.05) is 12.3 Å². The molecule has 0 spiro atoms. The van der Waals surface area contributed by atoms with Crippen molar-refractivity contribution in [2.45, 2.75) is 40.7 Å². The van der Waals surface area contributed by atoms with E-state index in [1.165, 1.54) is 12.0 Å². The van der Waals surface area contributed by atoms with Crippen molar-refractivity contribution in [2.75, 3.05) is 19.6 Å². The highest BCUT2D eigenvalue weighted by atomic mass is 15.3. The Hall–Kier alpha value is -1.58. The highest BCUT2D eigenvalue weighted by Crippen LogP contribution is 2.21. The summed E-state index contributed by atoms with van der Waals surface area (Å²) in [5, 5.41) is 3.43. The molecule has 4 nitrogen and oxygen atoms in total. The van der Waals surface area contributed by atoms with Gasteiger partial charge in [0.25, 0.3) is 0 Å². The van der Waals surface area contributed by atoms with Crippen molar-refractivity contribution in [2.24, 2.45) is 16.8 Å². The fraction of sp³-hybridized carbons (Fsp3) is 0.647. The number of nitrogens with zero attached hydrogens (tertiary/aromatic N) is 3. The molecule has 0 bridgehead atoms. The summed E-state index contributed by atoms with van der Waals surface area (Å²) in [6.07, 6.45) is 3.16. The van der Waals surface area contributed by atoms with Crippen molar-refractivity contribution < 1.29 is 0 Å². The molecule has 0 saturated carbocycles. The molecular weight excluding hydrogens is 260 g/mol. The monoisotopic (exact) mass is 288 g/mol. The summed E-state index contributed by atoms with van der Waals surface area (Å²) < 4.78 is 0. The Morgan fingerprint density at radius 3 is 2.71 bits per heavy atom. The highest BCUT2D eigenvalue weighted by Gasteiger charge is 2.23. The second-order valence-electron chi connectivity index (χ2n) is 6.29. The van der Waals surface area contributed by atoms with E-state index < -0.39 is 0 Å². The molecule has 0 aromatic carbocycles. The maximum absolute atomic E-state index is 4.81. The van der Waals surface area contributed by atoms with Gasteiger partial charge in [-0.3, -0.25) is 4.98 Å². The SMILES string of the molecule is CCNC(=NCc1ncccc1C)N1CC(C)CC(C)C1. The van der Waals surface area contributed by atoms with Crippen LogP contribution in [0.5, 0.6) is 0 Å². The molecule has 1 aromatic heterocycles. The van der Waals surface area contributed by atoms with Crippen LogP contribution in [0.4, 0.5) is 0 Å². The molecule has 0 radical (unpaired) electrons. The molecule has 1 fully saturated rings. The topological polar surface area (TPSA) is 40.5 Å². The second kappa shape index (κ2) is 7.43. The van der Waals surface area contributed by atoms with Gasteiger partial charge in [0.15, 0.2) is 5.96 Å². The summed E-state index contributed by atoms with van der Waals surface area (Å²) in [6, 6.07) is 4.07. The number of likely N-dealkylation sites (tertiary alicyclic amines) is 1. The first-order valence-corrected chi connectivity index (χ1v) is 8.03. The molecular formula is C17H28N4. The van der Waals surface area contributed by atoms with E-state index >= 15 is 0 Å². The molecule has 0 amide bonds. The lowest BCUT2D eigenvalue weighted by molar-refractivity contribution is 0.208. The zero-order valence-corrected chi connectivity index (χ0v) is 13.8. The van der Waals surface area contributed by atoms with E-state index in [0.717, 1.165) is 43.1 Å². The first-order chi connectivity index (χ1) is 10.1. The van der Waals surface area contributed by atoms with Gasteiger partial charge in [-0.25, -0.2) is 4.99 Å².